The SMILES string of the molecule is Cc1cc(NC(=O)CN2CCN(C(=O)c3cc(Cl)ccc3F)CC2)n(C)n1. The van der Waals surface area contributed by atoms with Crippen LogP contribution in [0.3, 0.4) is 0 Å². The lowest BCUT2D eigenvalue weighted by Crippen LogP contribution is -2.50. The standard InChI is InChI=1S/C18H21ClFN5O2/c1-12-9-16(23(2)22-12)21-17(26)11-24-5-7-25(8-6-24)18(27)14-10-13(19)3-4-15(14)20/h3-4,9-10H,5-8,11H2,1-2H3,(H,21,26). The van der Waals surface area contributed by atoms with Gasteiger partial charge in [-0.1, -0.05) is 11.6 Å². The van der Waals surface area contributed by atoms with Crippen LogP contribution in [0.25, 0.3) is 0 Å². The molecule has 0 radical (unpaired) electrons. The van der Waals surface area contributed by atoms with Gasteiger partial charge >= 0.3 is 0 Å². The molecule has 1 aromatic carbocycles. The van der Waals surface area contributed by atoms with E-state index in [2.05, 4.69) is 10.4 Å². The number of aryl methyl sites for hydroxylation is 2. The van der Waals surface area contributed by atoms with E-state index >= 15 is 0 Å². The maximum absolute atomic E-state index is 13.9. The van der Waals surface area contributed by atoms with Crippen LogP contribution in [0.5, 0.6) is 0 Å². The van der Waals surface area contributed by atoms with E-state index in [-0.39, 0.29) is 23.9 Å². The minimum Gasteiger partial charge on any atom is -0.336 e. The van der Waals surface area contributed by atoms with Crippen molar-refractivity contribution < 1.29 is 14.0 Å². The lowest BCUT2D eigenvalue weighted by atomic mass is 10.1. The summed E-state index contributed by atoms with van der Waals surface area (Å²) in [6, 6.07) is 5.74. The van der Waals surface area contributed by atoms with E-state index in [0.29, 0.717) is 37.0 Å². The van der Waals surface area contributed by atoms with Crippen molar-refractivity contribution in [2.75, 3.05) is 38.0 Å². The maximum Gasteiger partial charge on any atom is 0.256 e. The van der Waals surface area contributed by atoms with Gasteiger partial charge < -0.3 is 10.2 Å². The van der Waals surface area contributed by atoms with Crippen molar-refractivity contribution in [2.45, 2.75) is 6.92 Å². The van der Waals surface area contributed by atoms with E-state index in [4.69, 9.17) is 11.6 Å². The molecule has 3 rings (SSSR count). The second kappa shape index (κ2) is 8.06. The minimum atomic E-state index is -0.585. The number of hydrogen-bond acceptors (Lipinski definition) is 4. The van der Waals surface area contributed by atoms with Gasteiger partial charge in [-0.2, -0.15) is 5.10 Å². The van der Waals surface area contributed by atoms with Crippen molar-refractivity contribution in [3.8, 4) is 0 Å². The fraction of sp³-hybridized carbons (Fsp3) is 0.389. The largest absolute Gasteiger partial charge is 0.336 e. The number of amides is 2. The van der Waals surface area contributed by atoms with Gasteiger partial charge in [0.2, 0.25) is 5.91 Å². The Morgan fingerprint density at radius 3 is 2.56 bits per heavy atom. The number of hydrogen-bond donors (Lipinski definition) is 1. The predicted octanol–water partition coefficient (Wildman–Crippen LogP) is 1.92. The van der Waals surface area contributed by atoms with E-state index in [1.54, 1.807) is 22.7 Å². The van der Waals surface area contributed by atoms with Crippen LogP contribution in [0.15, 0.2) is 24.3 Å². The highest BCUT2D eigenvalue weighted by Crippen LogP contribution is 2.18. The van der Waals surface area contributed by atoms with Crippen LogP contribution in [0, 0.1) is 12.7 Å². The fourth-order valence-corrected chi connectivity index (χ4v) is 3.23. The van der Waals surface area contributed by atoms with Crippen LogP contribution < -0.4 is 5.32 Å². The van der Waals surface area contributed by atoms with Gasteiger partial charge in [0.25, 0.3) is 5.91 Å². The molecule has 2 heterocycles. The molecule has 1 N–H and O–H groups in total. The van der Waals surface area contributed by atoms with Gasteiger partial charge in [0, 0.05) is 44.3 Å². The zero-order valence-electron chi connectivity index (χ0n) is 15.2. The van der Waals surface area contributed by atoms with Crippen molar-refractivity contribution in [2.24, 2.45) is 7.05 Å². The van der Waals surface area contributed by atoms with E-state index < -0.39 is 5.82 Å². The highest BCUT2D eigenvalue weighted by Gasteiger charge is 2.25. The van der Waals surface area contributed by atoms with Crippen LogP contribution in [0.2, 0.25) is 5.02 Å². The smallest absolute Gasteiger partial charge is 0.256 e. The number of carbonyl (C=O) groups excluding carboxylic acids is 2. The van der Waals surface area contributed by atoms with Gasteiger partial charge in [0.15, 0.2) is 0 Å². The summed E-state index contributed by atoms with van der Waals surface area (Å²) in [5.41, 5.74) is 0.799. The third-order valence-electron chi connectivity index (χ3n) is 4.46. The summed E-state index contributed by atoms with van der Waals surface area (Å²) in [5.74, 6) is -0.469. The lowest BCUT2D eigenvalue weighted by molar-refractivity contribution is -0.117. The molecule has 2 aromatic rings. The number of halogens is 2. The van der Waals surface area contributed by atoms with Crippen LogP contribution >= 0.6 is 11.6 Å². The zero-order valence-corrected chi connectivity index (χ0v) is 16.0. The minimum absolute atomic E-state index is 0.0275. The number of aromatic nitrogens is 2. The van der Waals surface area contributed by atoms with Gasteiger partial charge in [-0.05, 0) is 25.1 Å². The summed E-state index contributed by atoms with van der Waals surface area (Å²) < 4.78 is 15.5. The van der Waals surface area contributed by atoms with Crippen molar-refractivity contribution in [1.82, 2.24) is 19.6 Å². The molecular weight excluding hydrogens is 373 g/mol. The topological polar surface area (TPSA) is 70.5 Å². The Kier molecular flexibility index (Phi) is 5.76. The molecular formula is C18H21ClFN5O2. The Hall–Kier alpha value is -2.45. The number of anilines is 1. The Morgan fingerprint density at radius 2 is 1.93 bits per heavy atom. The second-order valence-corrected chi connectivity index (χ2v) is 6.97. The molecule has 1 aromatic heterocycles. The number of piperazine rings is 1. The molecule has 27 heavy (non-hydrogen) atoms. The van der Waals surface area contributed by atoms with Crippen LogP contribution in [-0.2, 0) is 11.8 Å². The third-order valence-corrected chi connectivity index (χ3v) is 4.69. The Bertz CT molecular complexity index is 861. The first-order chi connectivity index (χ1) is 12.8. The molecule has 1 aliphatic rings. The molecule has 0 spiro atoms. The highest BCUT2D eigenvalue weighted by atomic mass is 35.5. The molecule has 0 unspecified atom stereocenters. The van der Waals surface area contributed by atoms with E-state index in [9.17, 15) is 14.0 Å². The number of nitrogens with zero attached hydrogens (tertiary/aromatic N) is 4. The molecule has 9 heteroatoms. The number of carbonyl (C=O) groups is 2. The summed E-state index contributed by atoms with van der Waals surface area (Å²) in [6.07, 6.45) is 0. The molecule has 7 nitrogen and oxygen atoms in total. The van der Waals surface area contributed by atoms with Crippen molar-refractivity contribution in [3.63, 3.8) is 0 Å². The van der Waals surface area contributed by atoms with Crippen LogP contribution in [-0.4, -0.2) is 64.1 Å². The summed E-state index contributed by atoms with van der Waals surface area (Å²) in [6.45, 7) is 3.98. The summed E-state index contributed by atoms with van der Waals surface area (Å²) in [5, 5.41) is 7.33. The quantitative estimate of drug-likeness (QED) is 0.861. The zero-order chi connectivity index (χ0) is 19.6. The van der Waals surface area contributed by atoms with Crippen molar-refractivity contribution in [1.29, 1.82) is 0 Å². The van der Waals surface area contributed by atoms with Gasteiger partial charge in [-0.25, -0.2) is 4.39 Å². The average molecular weight is 394 g/mol. The first-order valence-electron chi connectivity index (χ1n) is 8.60. The number of nitrogens with one attached hydrogen (secondary N) is 1. The van der Waals surface area contributed by atoms with E-state index in [1.165, 1.54) is 18.2 Å². The molecule has 144 valence electrons. The third kappa shape index (κ3) is 4.64. The molecule has 1 aliphatic heterocycles. The molecule has 0 aliphatic carbocycles. The highest BCUT2D eigenvalue weighted by molar-refractivity contribution is 6.31. The Labute approximate surface area is 161 Å². The molecule has 1 saturated heterocycles. The molecule has 0 atom stereocenters. The summed E-state index contributed by atoms with van der Waals surface area (Å²) >= 11 is 5.86. The fourth-order valence-electron chi connectivity index (χ4n) is 3.05. The predicted molar refractivity (Wildman–Crippen MR) is 100 cm³/mol. The van der Waals surface area contributed by atoms with Gasteiger partial charge in [0.05, 0.1) is 17.8 Å². The lowest BCUT2D eigenvalue weighted by Gasteiger charge is -2.34. The maximum atomic E-state index is 13.9. The van der Waals surface area contributed by atoms with Gasteiger partial charge in [0.1, 0.15) is 11.6 Å². The van der Waals surface area contributed by atoms with Crippen molar-refractivity contribution >= 4 is 29.2 Å². The van der Waals surface area contributed by atoms with Gasteiger partial charge in [-0.15, -0.1) is 0 Å². The van der Waals surface area contributed by atoms with Gasteiger partial charge in [-0.3, -0.25) is 19.2 Å². The molecule has 0 bridgehead atoms. The number of benzene rings is 1. The summed E-state index contributed by atoms with van der Waals surface area (Å²) in [7, 11) is 1.77. The monoisotopic (exact) mass is 393 g/mol. The Morgan fingerprint density at radius 1 is 1.22 bits per heavy atom. The molecule has 0 saturated carbocycles. The Balaban J connectivity index is 1.52. The summed E-state index contributed by atoms with van der Waals surface area (Å²) in [4.78, 5) is 28.3. The van der Waals surface area contributed by atoms with Crippen LogP contribution in [0.1, 0.15) is 16.1 Å². The van der Waals surface area contributed by atoms with Crippen LogP contribution in [0.4, 0.5) is 10.2 Å². The van der Waals surface area contributed by atoms with E-state index in [1.807, 2.05) is 11.8 Å². The van der Waals surface area contributed by atoms with E-state index in [0.717, 1.165) is 5.69 Å². The normalized spacial score (nSPS) is 15.0. The molecule has 2 amide bonds. The first kappa shape index (κ1) is 19.3. The first-order valence-corrected chi connectivity index (χ1v) is 8.98. The average Bonchev–Trinajstić information content (AvgIpc) is 2.94. The van der Waals surface area contributed by atoms with Crippen molar-refractivity contribution in [3.05, 3.63) is 46.4 Å². The second-order valence-electron chi connectivity index (χ2n) is 6.54. The molecule has 1 fully saturated rings. The number of rotatable bonds is 4.